The van der Waals surface area contributed by atoms with E-state index in [2.05, 4.69) is 4.99 Å². The van der Waals surface area contributed by atoms with Gasteiger partial charge in [0, 0.05) is 18.5 Å². The molecule has 3 heterocycles. The number of hydrogen-bond donors (Lipinski definition) is 2. The van der Waals surface area contributed by atoms with Crippen LogP contribution in [-0.2, 0) is 11.3 Å². The maximum absolute atomic E-state index is 12.5. The number of carboxylic acids is 1. The number of nitrogens with zero attached hydrogens (tertiary/aromatic N) is 2. The molecule has 1 atom stereocenters. The molecule has 1 amide bonds. The molecule has 2 aromatic rings. The molecule has 1 aliphatic carbocycles. The molecule has 4 rings (SSSR count). The van der Waals surface area contributed by atoms with Crippen LogP contribution >= 0.6 is 11.3 Å². The number of allylic oxidation sites excluding steroid dienone is 5. The number of aromatic hydroxyl groups is 1. The average Bonchev–Trinajstić information content (AvgIpc) is 3.07. The molecule has 0 bridgehead atoms. The second-order valence-corrected chi connectivity index (χ2v) is 6.81. The van der Waals surface area contributed by atoms with Crippen molar-refractivity contribution in [2.45, 2.75) is 6.54 Å². The zero-order valence-electron chi connectivity index (χ0n) is 13.2. The number of dihydropyridines is 1. The van der Waals surface area contributed by atoms with Gasteiger partial charge < -0.3 is 14.8 Å². The molecule has 1 unspecified atom stereocenters. The van der Waals surface area contributed by atoms with Gasteiger partial charge >= 0.3 is 5.97 Å². The van der Waals surface area contributed by atoms with Crippen molar-refractivity contribution in [2.24, 2.45) is 10.9 Å². The monoisotopic (exact) mass is 368 g/mol. The summed E-state index contributed by atoms with van der Waals surface area (Å²) in [4.78, 5) is 39.2. The van der Waals surface area contributed by atoms with Gasteiger partial charge in [0.05, 0.1) is 15.9 Å². The Kier molecular flexibility index (Phi) is 3.69. The van der Waals surface area contributed by atoms with E-state index in [1.54, 1.807) is 23.6 Å². The minimum Gasteiger partial charge on any atom is -0.502 e. The first-order valence-corrected chi connectivity index (χ1v) is 8.61. The number of aromatic nitrogens is 1. The van der Waals surface area contributed by atoms with Crippen molar-refractivity contribution >= 4 is 39.1 Å². The summed E-state index contributed by atoms with van der Waals surface area (Å²) in [6, 6.07) is 1.67. The lowest BCUT2D eigenvalue weighted by Gasteiger charge is -2.19. The van der Waals surface area contributed by atoms with Crippen LogP contribution in [0.1, 0.15) is 10.4 Å². The number of thiophene rings is 1. The van der Waals surface area contributed by atoms with Crippen LogP contribution in [0.5, 0.6) is 5.75 Å². The van der Waals surface area contributed by atoms with E-state index >= 15 is 0 Å². The molecule has 26 heavy (non-hydrogen) atoms. The summed E-state index contributed by atoms with van der Waals surface area (Å²) in [6.07, 6.45) is 8.48. The summed E-state index contributed by atoms with van der Waals surface area (Å²) in [5, 5.41) is 21.1. The first-order chi connectivity index (χ1) is 12.5. The van der Waals surface area contributed by atoms with Gasteiger partial charge in [-0.25, -0.2) is 9.79 Å². The van der Waals surface area contributed by atoms with E-state index in [1.165, 1.54) is 10.6 Å². The van der Waals surface area contributed by atoms with Crippen molar-refractivity contribution < 1.29 is 19.8 Å². The Bertz CT molecular complexity index is 1150. The Hall–Kier alpha value is -3.26. The Labute approximate surface area is 150 Å². The van der Waals surface area contributed by atoms with Crippen LogP contribution in [0.15, 0.2) is 57.2 Å². The van der Waals surface area contributed by atoms with Crippen molar-refractivity contribution in [1.82, 2.24) is 4.57 Å². The Morgan fingerprint density at radius 1 is 1.27 bits per heavy atom. The Morgan fingerprint density at radius 3 is 2.85 bits per heavy atom. The predicted molar refractivity (Wildman–Crippen MR) is 97.0 cm³/mol. The average molecular weight is 368 g/mol. The van der Waals surface area contributed by atoms with Gasteiger partial charge in [0.15, 0.2) is 5.75 Å². The molecule has 0 radical (unpaired) electrons. The number of hydrogen-bond acceptors (Lipinski definition) is 5. The Balaban J connectivity index is 1.78. The van der Waals surface area contributed by atoms with Crippen LogP contribution in [0.25, 0.3) is 10.2 Å². The highest BCUT2D eigenvalue weighted by Gasteiger charge is 2.24. The predicted octanol–water partition coefficient (Wildman–Crippen LogP) is 2.12. The van der Waals surface area contributed by atoms with Gasteiger partial charge in [-0.1, -0.05) is 12.2 Å². The highest BCUT2D eigenvalue weighted by atomic mass is 32.1. The van der Waals surface area contributed by atoms with Crippen molar-refractivity contribution in [3.63, 3.8) is 0 Å². The van der Waals surface area contributed by atoms with Gasteiger partial charge in [-0.15, -0.1) is 11.3 Å². The zero-order chi connectivity index (χ0) is 18.4. The summed E-state index contributed by atoms with van der Waals surface area (Å²) in [5.74, 6) is -2.58. The summed E-state index contributed by atoms with van der Waals surface area (Å²) < 4.78 is 1.73. The molecular weight excluding hydrogens is 356 g/mol. The van der Waals surface area contributed by atoms with E-state index in [-0.39, 0.29) is 23.9 Å². The standard InChI is InChI=1S/C18H12N2O5S/c21-13-4-2-10-7-9(1-3-11(10)19-13)8-20-12-5-6-26-16(12)14(18(24)25)15(22)17(20)23/h1-7,9,22H,8H2,(H,24,25). The summed E-state index contributed by atoms with van der Waals surface area (Å²) in [5.41, 5.74) is 0.727. The third-order valence-electron chi connectivity index (χ3n) is 4.28. The molecule has 0 spiro atoms. The molecule has 130 valence electrons. The van der Waals surface area contributed by atoms with E-state index in [0.29, 0.717) is 15.9 Å². The van der Waals surface area contributed by atoms with E-state index in [4.69, 9.17) is 0 Å². The van der Waals surface area contributed by atoms with E-state index in [1.807, 2.05) is 12.2 Å². The van der Waals surface area contributed by atoms with Crippen molar-refractivity contribution in [3.8, 4) is 5.75 Å². The molecule has 8 heteroatoms. The van der Waals surface area contributed by atoms with Gasteiger partial charge in [0.1, 0.15) is 5.56 Å². The lowest BCUT2D eigenvalue weighted by molar-refractivity contribution is -0.113. The first-order valence-electron chi connectivity index (χ1n) is 7.73. The fourth-order valence-corrected chi connectivity index (χ4v) is 4.03. The van der Waals surface area contributed by atoms with Gasteiger partial charge in [0.25, 0.3) is 11.5 Å². The number of rotatable bonds is 3. The van der Waals surface area contributed by atoms with E-state index in [0.717, 1.165) is 16.9 Å². The number of pyridine rings is 1. The third-order valence-corrected chi connectivity index (χ3v) is 5.20. The fourth-order valence-electron chi connectivity index (χ4n) is 3.10. The SMILES string of the molecule is O=C1C=CC2=CC(Cn3c(=O)c(O)c(C(=O)O)c4sccc43)C=CC2=N1. The van der Waals surface area contributed by atoms with Gasteiger partial charge in [-0.3, -0.25) is 9.59 Å². The maximum atomic E-state index is 12.5. The third kappa shape index (κ3) is 2.51. The molecule has 2 aromatic heterocycles. The molecule has 7 nitrogen and oxygen atoms in total. The molecule has 2 N–H and O–H groups in total. The number of fused-ring (bicyclic) bond motifs is 2. The minimum atomic E-state index is -1.34. The van der Waals surface area contributed by atoms with E-state index in [9.17, 15) is 24.6 Å². The first kappa shape index (κ1) is 16.2. The molecule has 1 aliphatic heterocycles. The normalized spacial score (nSPS) is 18.6. The Morgan fingerprint density at radius 2 is 2.08 bits per heavy atom. The topological polar surface area (TPSA) is 109 Å². The number of aromatic carboxylic acids is 1. The minimum absolute atomic E-state index is 0.169. The van der Waals surface area contributed by atoms with Crippen LogP contribution < -0.4 is 5.56 Å². The second-order valence-electron chi connectivity index (χ2n) is 5.89. The maximum Gasteiger partial charge on any atom is 0.341 e. The number of carboxylic acid groups (broad SMARTS) is 1. The smallest absolute Gasteiger partial charge is 0.341 e. The molecule has 2 aliphatic rings. The van der Waals surface area contributed by atoms with Crippen molar-refractivity contribution in [1.29, 1.82) is 0 Å². The molecule has 0 aromatic carbocycles. The summed E-state index contributed by atoms with van der Waals surface area (Å²) in [6.45, 7) is 0.231. The lowest BCUT2D eigenvalue weighted by Crippen LogP contribution is -2.26. The zero-order valence-corrected chi connectivity index (χ0v) is 14.1. The van der Waals surface area contributed by atoms with Crippen LogP contribution in [0.2, 0.25) is 0 Å². The van der Waals surface area contributed by atoms with Crippen LogP contribution in [0.4, 0.5) is 0 Å². The number of aliphatic imine (C=N–C) groups is 1. The summed E-state index contributed by atoms with van der Waals surface area (Å²) >= 11 is 1.16. The largest absolute Gasteiger partial charge is 0.502 e. The van der Waals surface area contributed by atoms with E-state index < -0.39 is 17.3 Å². The summed E-state index contributed by atoms with van der Waals surface area (Å²) in [7, 11) is 0. The fraction of sp³-hybridized carbons (Fsp3) is 0.111. The molecule has 0 saturated heterocycles. The quantitative estimate of drug-likeness (QED) is 0.862. The lowest BCUT2D eigenvalue weighted by atomic mass is 9.93. The van der Waals surface area contributed by atoms with Gasteiger partial charge in [-0.05, 0) is 29.2 Å². The van der Waals surface area contributed by atoms with Gasteiger partial charge in [0.2, 0.25) is 0 Å². The van der Waals surface area contributed by atoms with Gasteiger partial charge in [-0.2, -0.15) is 0 Å². The highest BCUT2D eigenvalue weighted by molar-refractivity contribution is 7.17. The molecule has 0 saturated carbocycles. The van der Waals surface area contributed by atoms with Crippen LogP contribution in [-0.4, -0.2) is 32.4 Å². The van der Waals surface area contributed by atoms with Crippen LogP contribution in [0.3, 0.4) is 0 Å². The number of amides is 1. The number of carbonyl (C=O) groups is 2. The van der Waals surface area contributed by atoms with Crippen LogP contribution in [0, 0.1) is 5.92 Å². The highest BCUT2D eigenvalue weighted by Crippen LogP contribution is 2.30. The van der Waals surface area contributed by atoms with Crippen molar-refractivity contribution in [2.75, 3.05) is 0 Å². The molecule has 0 fully saturated rings. The number of carbonyl (C=O) groups excluding carboxylic acids is 1. The second kappa shape index (κ2) is 5.92. The molecular formula is C18H12N2O5S. The van der Waals surface area contributed by atoms with Crippen molar-refractivity contribution in [3.05, 3.63) is 63.3 Å².